The highest BCUT2D eigenvalue weighted by Gasteiger charge is 2.35. The molecule has 2 aliphatic rings. The highest BCUT2D eigenvalue weighted by atomic mass is 16.2. The molecule has 0 saturated carbocycles. The number of anilines is 3. The van der Waals surface area contributed by atoms with Gasteiger partial charge in [0.25, 0.3) is 5.56 Å². The Morgan fingerprint density at radius 2 is 1.79 bits per heavy atom. The van der Waals surface area contributed by atoms with E-state index in [9.17, 15) is 14.4 Å². The van der Waals surface area contributed by atoms with Crippen LogP contribution in [0.25, 0.3) is 0 Å². The molecular formula is C21H25N5O3. The van der Waals surface area contributed by atoms with Crippen LogP contribution in [0.5, 0.6) is 0 Å². The van der Waals surface area contributed by atoms with Gasteiger partial charge in [-0.1, -0.05) is 6.07 Å². The predicted octanol–water partition coefficient (Wildman–Crippen LogP) is 2.44. The van der Waals surface area contributed by atoms with Gasteiger partial charge < -0.3 is 15.5 Å². The van der Waals surface area contributed by atoms with Crippen molar-refractivity contribution in [2.24, 2.45) is 0 Å². The summed E-state index contributed by atoms with van der Waals surface area (Å²) in [5.41, 5.74) is 2.53. The van der Waals surface area contributed by atoms with Crippen LogP contribution in [0.1, 0.15) is 48.3 Å². The lowest BCUT2D eigenvalue weighted by Gasteiger charge is -2.29. The lowest BCUT2D eigenvalue weighted by atomic mass is 9.92. The van der Waals surface area contributed by atoms with Crippen molar-refractivity contribution in [3.8, 4) is 0 Å². The molecule has 0 unspecified atom stereocenters. The molecule has 2 amide bonds. The van der Waals surface area contributed by atoms with Gasteiger partial charge in [0.1, 0.15) is 5.82 Å². The zero-order chi connectivity index (χ0) is 20.5. The number of piperidine rings is 1. The number of nitrogens with zero attached hydrogens (tertiary/aromatic N) is 2. The second kappa shape index (κ2) is 7.69. The highest BCUT2D eigenvalue weighted by Crippen LogP contribution is 2.30. The molecule has 1 atom stereocenters. The number of aryl methyl sites for hydroxylation is 2. The van der Waals surface area contributed by atoms with Gasteiger partial charge in [-0.15, -0.1) is 0 Å². The van der Waals surface area contributed by atoms with Crippen LogP contribution in [0.15, 0.2) is 23.0 Å². The van der Waals surface area contributed by atoms with Crippen molar-refractivity contribution in [3.63, 3.8) is 0 Å². The lowest BCUT2D eigenvalue weighted by molar-refractivity contribution is -0.123. The summed E-state index contributed by atoms with van der Waals surface area (Å²) in [6.45, 7) is 5.52. The van der Waals surface area contributed by atoms with E-state index in [1.807, 2.05) is 36.9 Å². The first kappa shape index (κ1) is 19.2. The molecule has 0 aliphatic carbocycles. The van der Waals surface area contributed by atoms with E-state index < -0.39 is 5.92 Å². The molecule has 2 aliphatic heterocycles. The van der Waals surface area contributed by atoms with Crippen LogP contribution < -0.4 is 21.1 Å². The summed E-state index contributed by atoms with van der Waals surface area (Å²) in [6.07, 6.45) is 3.14. The SMILES string of the molecule is Cc1cc(C)cc(NC(=O)[C@H]2CC(=O)Nc3nc(N4CCCCC4)[nH]c(=O)c32)c1. The smallest absolute Gasteiger partial charge is 0.258 e. The van der Waals surface area contributed by atoms with Crippen molar-refractivity contribution in [1.29, 1.82) is 0 Å². The minimum absolute atomic E-state index is 0.0859. The number of aromatic nitrogens is 2. The maximum atomic E-state index is 13.0. The largest absolute Gasteiger partial charge is 0.342 e. The van der Waals surface area contributed by atoms with Crippen molar-refractivity contribution in [2.75, 3.05) is 28.6 Å². The van der Waals surface area contributed by atoms with Crippen molar-refractivity contribution in [1.82, 2.24) is 9.97 Å². The molecular weight excluding hydrogens is 370 g/mol. The summed E-state index contributed by atoms with van der Waals surface area (Å²) in [4.78, 5) is 47.4. The van der Waals surface area contributed by atoms with E-state index in [1.165, 1.54) is 0 Å². The number of benzene rings is 1. The molecule has 0 radical (unpaired) electrons. The zero-order valence-corrected chi connectivity index (χ0v) is 16.7. The minimum Gasteiger partial charge on any atom is -0.342 e. The van der Waals surface area contributed by atoms with Crippen molar-refractivity contribution >= 4 is 29.3 Å². The number of fused-ring (bicyclic) bond motifs is 1. The Labute approximate surface area is 168 Å². The fourth-order valence-electron chi connectivity index (χ4n) is 4.12. The number of hydrogen-bond acceptors (Lipinski definition) is 5. The molecule has 8 heteroatoms. The van der Waals surface area contributed by atoms with Gasteiger partial charge in [0.15, 0.2) is 0 Å². The Bertz CT molecular complexity index is 1000. The van der Waals surface area contributed by atoms with Crippen molar-refractivity contribution < 1.29 is 9.59 Å². The Hall–Kier alpha value is -3.16. The van der Waals surface area contributed by atoms with Gasteiger partial charge in [-0.25, -0.2) is 0 Å². The molecule has 0 spiro atoms. The van der Waals surface area contributed by atoms with E-state index in [1.54, 1.807) is 0 Å². The normalized spacial score (nSPS) is 18.8. The number of nitrogens with one attached hydrogen (secondary N) is 3. The Kier molecular flexibility index (Phi) is 5.08. The first-order valence-corrected chi connectivity index (χ1v) is 9.99. The second-order valence-electron chi connectivity index (χ2n) is 7.87. The standard InChI is InChI=1S/C21H25N5O3/c1-12-8-13(2)10-14(9-12)22-19(28)15-11-16(27)23-18-17(15)20(29)25-21(24-18)26-6-4-3-5-7-26/h8-10,15H,3-7,11H2,1-2H3,(H,22,28)(H2,23,24,25,27,29)/t15-/m0/s1. The topological polar surface area (TPSA) is 107 Å². The molecule has 4 rings (SSSR count). The van der Waals surface area contributed by atoms with Crippen molar-refractivity contribution in [2.45, 2.75) is 45.4 Å². The minimum atomic E-state index is -0.883. The summed E-state index contributed by atoms with van der Waals surface area (Å²) in [5, 5.41) is 5.52. The Balaban J connectivity index is 1.65. The molecule has 1 fully saturated rings. The monoisotopic (exact) mass is 395 g/mol. The lowest BCUT2D eigenvalue weighted by Crippen LogP contribution is -2.38. The number of hydrogen-bond donors (Lipinski definition) is 3. The number of aromatic amines is 1. The van der Waals surface area contributed by atoms with Gasteiger partial charge in [-0.05, 0) is 56.4 Å². The third kappa shape index (κ3) is 4.01. The van der Waals surface area contributed by atoms with Gasteiger partial charge in [0.05, 0.1) is 11.5 Å². The number of carbonyl (C=O) groups is 2. The van der Waals surface area contributed by atoms with Gasteiger partial charge in [0.2, 0.25) is 17.8 Å². The molecule has 1 saturated heterocycles. The summed E-state index contributed by atoms with van der Waals surface area (Å²) < 4.78 is 0. The molecule has 0 bridgehead atoms. The summed E-state index contributed by atoms with van der Waals surface area (Å²) >= 11 is 0. The Morgan fingerprint density at radius 3 is 2.48 bits per heavy atom. The molecule has 3 heterocycles. The molecule has 1 aromatic carbocycles. The van der Waals surface area contributed by atoms with Crippen LogP contribution in [0.4, 0.5) is 17.5 Å². The van der Waals surface area contributed by atoms with E-state index in [2.05, 4.69) is 20.6 Å². The second-order valence-corrected chi connectivity index (χ2v) is 7.87. The average molecular weight is 395 g/mol. The van der Waals surface area contributed by atoms with Crippen LogP contribution in [-0.2, 0) is 9.59 Å². The summed E-state index contributed by atoms with van der Waals surface area (Å²) in [7, 11) is 0. The van der Waals surface area contributed by atoms with E-state index in [4.69, 9.17) is 0 Å². The molecule has 1 aromatic heterocycles. The third-order valence-electron chi connectivity index (χ3n) is 5.40. The fraction of sp³-hybridized carbons (Fsp3) is 0.429. The Morgan fingerprint density at radius 1 is 1.10 bits per heavy atom. The highest BCUT2D eigenvalue weighted by molar-refractivity contribution is 6.04. The number of H-pyrrole nitrogens is 1. The molecule has 29 heavy (non-hydrogen) atoms. The van der Waals surface area contributed by atoms with E-state index in [0.717, 1.165) is 43.5 Å². The van der Waals surface area contributed by atoms with E-state index >= 15 is 0 Å². The van der Waals surface area contributed by atoms with Gasteiger partial charge in [0, 0.05) is 25.2 Å². The van der Waals surface area contributed by atoms with Gasteiger partial charge in [-0.2, -0.15) is 4.98 Å². The van der Waals surface area contributed by atoms with Crippen LogP contribution in [0, 0.1) is 13.8 Å². The van der Waals surface area contributed by atoms with Gasteiger partial charge in [-0.3, -0.25) is 19.4 Å². The maximum Gasteiger partial charge on any atom is 0.258 e. The first-order valence-electron chi connectivity index (χ1n) is 9.99. The predicted molar refractivity (Wildman–Crippen MR) is 111 cm³/mol. The zero-order valence-electron chi connectivity index (χ0n) is 16.7. The van der Waals surface area contributed by atoms with Crippen LogP contribution >= 0.6 is 0 Å². The fourth-order valence-corrected chi connectivity index (χ4v) is 4.12. The average Bonchev–Trinajstić information content (AvgIpc) is 2.66. The number of carbonyl (C=O) groups excluding carboxylic acids is 2. The molecule has 3 N–H and O–H groups in total. The number of rotatable bonds is 3. The van der Waals surface area contributed by atoms with Crippen LogP contribution in [-0.4, -0.2) is 34.9 Å². The molecule has 152 valence electrons. The van der Waals surface area contributed by atoms with Gasteiger partial charge >= 0.3 is 0 Å². The van der Waals surface area contributed by atoms with Crippen LogP contribution in [0.3, 0.4) is 0 Å². The maximum absolute atomic E-state index is 13.0. The number of amides is 2. The summed E-state index contributed by atoms with van der Waals surface area (Å²) in [6, 6.07) is 5.73. The summed E-state index contributed by atoms with van der Waals surface area (Å²) in [5.74, 6) is -0.952. The van der Waals surface area contributed by atoms with Crippen molar-refractivity contribution in [3.05, 3.63) is 45.2 Å². The first-order chi connectivity index (χ1) is 13.9. The quantitative estimate of drug-likeness (QED) is 0.740. The van der Waals surface area contributed by atoms with E-state index in [0.29, 0.717) is 11.6 Å². The third-order valence-corrected chi connectivity index (χ3v) is 5.40. The molecule has 8 nitrogen and oxygen atoms in total. The van der Waals surface area contributed by atoms with E-state index in [-0.39, 0.29) is 35.2 Å². The van der Waals surface area contributed by atoms with Crippen LogP contribution in [0.2, 0.25) is 0 Å². The molecule has 2 aromatic rings.